The van der Waals surface area contributed by atoms with E-state index in [1.54, 1.807) is 0 Å². The van der Waals surface area contributed by atoms with Crippen LogP contribution in [0, 0.1) is 6.92 Å². The Hall–Kier alpha value is -2.60. The molecule has 21 heavy (non-hydrogen) atoms. The number of fused-ring (bicyclic) bond motifs is 2. The maximum Gasteiger partial charge on any atom is -0.0142 e. The maximum absolute atomic E-state index is 2.31. The van der Waals surface area contributed by atoms with Gasteiger partial charge in [-0.05, 0) is 57.3 Å². The first-order valence-electron chi connectivity index (χ1n) is 7.30. The van der Waals surface area contributed by atoms with Gasteiger partial charge in [0.1, 0.15) is 0 Å². The molecule has 0 aromatic heterocycles. The highest BCUT2D eigenvalue weighted by atomic mass is 14.1. The van der Waals surface area contributed by atoms with Crippen LogP contribution in [0.15, 0.2) is 78.9 Å². The molecule has 4 aromatic rings. The molecule has 0 heterocycles. The summed E-state index contributed by atoms with van der Waals surface area (Å²) in [7, 11) is 0. The first-order valence-corrected chi connectivity index (χ1v) is 7.30. The second-order valence-corrected chi connectivity index (χ2v) is 5.52. The number of rotatable bonds is 1. The Morgan fingerprint density at radius 1 is 0.524 bits per heavy atom. The highest BCUT2D eigenvalue weighted by molar-refractivity contribution is 6.03. The summed E-state index contributed by atoms with van der Waals surface area (Å²) >= 11 is 0. The smallest absolute Gasteiger partial charge is 0.0142 e. The molecule has 4 aromatic carbocycles. The fourth-order valence-electron chi connectivity index (χ4n) is 3.09. The molecule has 0 radical (unpaired) electrons. The third-order valence-electron chi connectivity index (χ3n) is 4.24. The lowest BCUT2D eigenvalue weighted by atomic mass is 9.94. The topological polar surface area (TPSA) is 0 Å². The Labute approximate surface area is 124 Å². The molecule has 100 valence electrons. The summed E-state index contributed by atoms with van der Waals surface area (Å²) in [4.78, 5) is 0. The summed E-state index contributed by atoms with van der Waals surface area (Å²) in [6.45, 7) is 2.22. The first-order chi connectivity index (χ1) is 10.3. The van der Waals surface area contributed by atoms with Gasteiger partial charge < -0.3 is 0 Å². The lowest BCUT2D eigenvalue weighted by Crippen LogP contribution is -1.84. The third-order valence-corrected chi connectivity index (χ3v) is 4.24. The zero-order valence-corrected chi connectivity index (χ0v) is 12.0. The predicted octanol–water partition coefficient (Wildman–Crippen LogP) is 5.97. The summed E-state index contributed by atoms with van der Waals surface area (Å²) in [5, 5.41) is 5.31. The van der Waals surface area contributed by atoms with Crippen LogP contribution in [0.5, 0.6) is 0 Å². The predicted molar refractivity (Wildman–Crippen MR) is 91.6 cm³/mol. The van der Waals surface area contributed by atoms with Gasteiger partial charge in [-0.15, -0.1) is 0 Å². The second kappa shape index (κ2) is 4.75. The zero-order valence-electron chi connectivity index (χ0n) is 12.0. The van der Waals surface area contributed by atoms with Crippen molar-refractivity contribution in [1.82, 2.24) is 0 Å². The van der Waals surface area contributed by atoms with Gasteiger partial charge in [0.2, 0.25) is 0 Å². The van der Waals surface area contributed by atoms with Crippen LogP contribution in [0.2, 0.25) is 0 Å². The van der Waals surface area contributed by atoms with Crippen molar-refractivity contribution < 1.29 is 0 Å². The van der Waals surface area contributed by atoms with Crippen LogP contribution in [0.25, 0.3) is 32.7 Å². The van der Waals surface area contributed by atoms with E-state index in [9.17, 15) is 0 Å². The van der Waals surface area contributed by atoms with E-state index in [0.29, 0.717) is 0 Å². The van der Waals surface area contributed by atoms with Gasteiger partial charge >= 0.3 is 0 Å². The molecule has 0 aliphatic carbocycles. The minimum atomic E-state index is 1.27. The average molecular weight is 268 g/mol. The largest absolute Gasteiger partial charge is 0.0622 e. The van der Waals surface area contributed by atoms with Crippen LogP contribution >= 0.6 is 0 Å². The number of hydrogen-bond donors (Lipinski definition) is 0. The molecular weight excluding hydrogens is 252 g/mol. The molecule has 0 amide bonds. The molecular formula is C21H16. The summed E-state index contributed by atoms with van der Waals surface area (Å²) in [5.41, 5.74) is 3.91. The molecule has 4 rings (SSSR count). The van der Waals surface area contributed by atoms with E-state index in [1.165, 1.54) is 38.2 Å². The summed E-state index contributed by atoms with van der Waals surface area (Å²) < 4.78 is 0. The van der Waals surface area contributed by atoms with Crippen molar-refractivity contribution in [2.75, 3.05) is 0 Å². The van der Waals surface area contributed by atoms with Gasteiger partial charge in [-0.2, -0.15) is 0 Å². The fraction of sp³-hybridized carbons (Fsp3) is 0.0476. The Kier molecular flexibility index (Phi) is 2.75. The minimum Gasteiger partial charge on any atom is -0.0622 e. The summed E-state index contributed by atoms with van der Waals surface area (Å²) in [6.07, 6.45) is 0. The molecule has 0 fully saturated rings. The minimum absolute atomic E-state index is 1.27. The number of benzene rings is 4. The molecule has 0 N–H and O–H groups in total. The normalized spacial score (nSPS) is 11.1. The van der Waals surface area contributed by atoms with Crippen molar-refractivity contribution in [2.45, 2.75) is 6.92 Å². The first kappa shape index (κ1) is 12.2. The highest BCUT2D eigenvalue weighted by Crippen LogP contribution is 2.31. The van der Waals surface area contributed by atoms with E-state index in [-0.39, 0.29) is 0 Å². The van der Waals surface area contributed by atoms with Crippen LogP contribution in [0.3, 0.4) is 0 Å². The third kappa shape index (κ3) is 2.00. The van der Waals surface area contributed by atoms with Gasteiger partial charge in [0.25, 0.3) is 0 Å². The van der Waals surface area contributed by atoms with Gasteiger partial charge in [0.15, 0.2) is 0 Å². The molecule has 0 bridgehead atoms. The van der Waals surface area contributed by atoms with Crippen molar-refractivity contribution in [1.29, 1.82) is 0 Å². The Morgan fingerprint density at radius 2 is 1.24 bits per heavy atom. The second-order valence-electron chi connectivity index (χ2n) is 5.52. The quantitative estimate of drug-likeness (QED) is 0.373. The van der Waals surface area contributed by atoms with E-state index in [1.807, 2.05) is 0 Å². The molecule has 0 aliphatic heterocycles. The monoisotopic (exact) mass is 268 g/mol. The van der Waals surface area contributed by atoms with Gasteiger partial charge in [-0.25, -0.2) is 0 Å². The van der Waals surface area contributed by atoms with Crippen molar-refractivity contribution in [3.8, 4) is 11.1 Å². The SMILES string of the molecule is Cc1c2ccccc2cc2ccc(-c3ccccc3)cc12. The molecule has 0 saturated carbocycles. The molecule has 0 aliphatic rings. The van der Waals surface area contributed by atoms with Crippen LogP contribution in [0.4, 0.5) is 0 Å². The van der Waals surface area contributed by atoms with Crippen LogP contribution < -0.4 is 0 Å². The van der Waals surface area contributed by atoms with E-state index >= 15 is 0 Å². The average Bonchev–Trinajstić information content (AvgIpc) is 2.56. The van der Waals surface area contributed by atoms with E-state index in [2.05, 4.69) is 85.8 Å². The lowest BCUT2D eigenvalue weighted by Gasteiger charge is -2.10. The van der Waals surface area contributed by atoms with Crippen LogP contribution in [-0.2, 0) is 0 Å². The Balaban J connectivity index is 2.03. The van der Waals surface area contributed by atoms with Crippen molar-refractivity contribution >= 4 is 21.5 Å². The highest BCUT2D eigenvalue weighted by Gasteiger charge is 2.05. The van der Waals surface area contributed by atoms with Crippen molar-refractivity contribution in [3.63, 3.8) is 0 Å². The number of aryl methyl sites for hydroxylation is 1. The van der Waals surface area contributed by atoms with Gasteiger partial charge in [-0.1, -0.05) is 66.7 Å². The Bertz CT molecular complexity index is 934. The molecule has 0 atom stereocenters. The molecule has 0 heteroatoms. The standard InChI is InChI=1S/C21H16/c1-15-20-10-6-5-9-18(20)13-19-12-11-17(14-21(15)19)16-7-3-2-4-8-16/h2-14H,1H3. The summed E-state index contributed by atoms with van der Waals surface area (Å²) in [6, 6.07) is 28.2. The van der Waals surface area contributed by atoms with Gasteiger partial charge in [0, 0.05) is 0 Å². The molecule has 0 nitrogen and oxygen atoms in total. The van der Waals surface area contributed by atoms with E-state index in [4.69, 9.17) is 0 Å². The van der Waals surface area contributed by atoms with Crippen molar-refractivity contribution in [3.05, 3.63) is 84.4 Å². The van der Waals surface area contributed by atoms with E-state index in [0.717, 1.165) is 0 Å². The Morgan fingerprint density at radius 3 is 2.10 bits per heavy atom. The van der Waals surface area contributed by atoms with Crippen LogP contribution in [0.1, 0.15) is 5.56 Å². The van der Waals surface area contributed by atoms with Crippen LogP contribution in [-0.4, -0.2) is 0 Å². The maximum atomic E-state index is 2.31. The fourth-order valence-corrected chi connectivity index (χ4v) is 3.09. The summed E-state index contributed by atoms with van der Waals surface area (Å²) in [5.74, 6) is 0. The van der Waals surface area contributed by atoms with Gasteiger partial charge in [-0.3, -0.25) is 0 Å². The van der Waals surface area contributed by atoms with Gasteiger partial charge in [0.05, 0.1) is 0 Å². The van der Waals surface area contributed by atoms with Crippen molar-refractivity contribution in [2.24, 2.45) is 0 Å². The molecule has 0 unspecified atom stereocenters. The molecule has 0 spiro atoms. The van der Waals surface area contributed by atoms with E-state index < -0.39 is 0 Å². The molecule has 0 saturated heterocycles. The zero-order chi connectivity index (χ0) is 14.2. The number of hydrogen-bond acceptors (Lipinski definition) is 0. The lowest BCUT2D eigenvalue weighted by molar-refractivity contribution is 1.57.